The van der Waals surface area contributed by atoms with Gasteiger partial charge in [-0.05, 0) is 109 Å². The minimum absolute atomic E-state index is 0.523. The van der Waals surface area contributed by atoms with E-state index in [9.17, 15) is 0 Å². The van der Waals surface area contributed by atoms with Crippen molar-refractivity contribution in [1.82, 2.24) is 0 Å². The molecule has 0 aliphatic heterocycles. The topological polar surface area (TPSA) is 45.9 Å². The lowest BCUT2D eigenvalue weighted by atomic mass is 9.83. The summed E-state index contributed by atoms with van der Waals surface area (Å²) in [5.74, 6) is 1.05. The number of fused-ring (bicyclic) bond motifs is 11. The zero-order chi connectivity index (χ0) is 45.4. The molecule has 5 nitrogen and oxygen atoms in total. The number of anilines is 6. The number of para-hydroxylation sites is 6. The number of hydrogen-bond acceptors (Lipinski definition) is 5. The van der Waals surface area contributed by atoms with Gasteiger partial charge in [-0.1, -0.05) is 160 Å². The van der Waals surface area contributed by atoms with Gasteiger partial charge in [0.2, 0.25) is 0 Å². The van der Waals surface area contributed by atoms with E-state index in [1.807, 2.05) is 0 Å². The van der Waals surface area contributed by atoms with Crippen LogP contribution in [0.5, 0.6) is 0 Å². The molecule has 2 aliphatic carbocycles. The Hall–Kier alpha value is -7.76. The van der Waals surface area contributed by atoms with Crippen LogP contribution in [0, 0.1) is 0 Å². The lowest BCUT2D eigenvalue weighted by molar-refractivity contribution is 0.442. The van der Waals surface area contributed by atoms with Crippen LogP contribution in [0.25, 0.3) is 76.6 Å². The predicted octanol–water partition coefficient (Wildman–Crippen LogP) is 19.6. The molecule has 0 saturated heterocycles. The minimum Gasteiger partial charge on any atom is -0.456 e. The highest BCUT2D eigenvalue weighted by Crippen LogP contribution is 2.50. The van der Waals surface area contributed by atoms with Gasteiger partial charge in [-0.3, -0.25) is 0 Å². The molecule has 0 radical (unpaired) electrons. The van der Waals surface area contributed by atoms with Crippen LogP contribution in [0.15, 0.2) is 195 Å². The van der Waals surface area contributed by atoms with Crippen molar-refractivity contribution in [3.8, 4) is 0 Å². The summed E-state index contributed by atoms with van der Waals surface area (Å²) in [6.45, 7) is 0. The maximum Gasteiger partial charge on any atom is 0.159 e. The first-order valence-corrected chi connectivity index (χ1v) is 25.2. The molecule has 14 rings (SSSR count). The van der Waals surface area contributed by atoms with Gasteiger partial charge in [-0.25, -0.2) is 0 Å². The van der Waals surface area contributed by atoms with E-state index in [1.165, 1.54) is 86.1 Å². The molecular formula is C64H52N2O3. The average molecular weight is 897 g/mol. The standard InChI is InChI=1S/C64H52N2O3/c1-5-19-41(20-6-1)46-29-15-31-50-52-33-17-35-55(63(52)68-61(46)50)65(43-23-9-3-10-24-43)45-37-38-58-54(39-45)60-49-28-14-13-27-48(49)57(40-59(60)67-58)66(44-25-11-4-12-26-44)56-36-18-34-53-51-32-16-30-47(62(51)69-64(53)56)42-21-7-2-8-22-42/h3-4,9-18,23-42H,1-2,5-8,19-22H2. The second kappa shape index (κ2) is 16.5. The van der Waals surface area contributed by atoms with Crippen LogP contribution in [-0.4, -0.2) is 0 Å². The molecule has 3 aromatic heterocycles. The Kier molecular flexibility index (Phi) is 9.63. The first kappa shape index (κ1) is 40.3. The van der Waals surface area contributed by atoms with E-state index in [0.717, 1.165) is 99.9 Å². The average Bonchev–Trinajstić information content (AvgIpc) is 4.12. The maximum absolute atomic E-state index is 7.15. The van der Waals surface area contributed by atoms with Gasteiger partial charge in [0.1, 0.15) is 22.3 Å². The summed E-state index contributed by atoms with van der Waals surface area (Å²) in [5.41, 5.74) is 14.4. The zero-order valence-electron chi connectivity index (χ0n) is 38.7. The summed E-state index contributed by atoms with van der Waals surface area (Å²) in [6.07, 6.45) is 12.6. The molecule has 69 heavy (non-hydrogen) atoms. The van der Waals surface area contributed by atoms with E-state index in [-0.39, 0.29) is 0 Å². The molecule has 12 aromatic rings. The Morgan fingerprint density at radius 2 is 0.783 bits per heavy atom. The molecule has 0 bridgehead atoms. The van der Waals surface area contributed by atoms with Gasteiger partial charge < -0.3 is 23.1 Å². The molecule has 0 unspecified atom stereocenters. The summed E-state index contributed by atoms with van der Waals surface area (Å²) in [7, 11) is 0. The fourth-order valence-electron chi connectivity index (χ4n) is 12.4. The number of hydrogen-bond donors (Lipinski definition) is 0. The summed E-state index contributed by atoms with van der Waals surface area (Å²) >= 11 is 0. The van der Waals surface area contributed by atoms with Crippen molar-refractivity contribution in [2.45, 2.75) is 76.0 Å². The van der Waals surface area contributed by atoms with Crippen molar-refractivity contribution in [2.75, 3.05) is 9.80 Å². The summed E-state index contributed by atoms with van der Waals surface area (Å²) in [5, 5.41) is 9.04. The van der Waals surface area contributed by atoms with Crippen LogP contribution in [0.3, 0.4) is 0 Å². The monoisotopic (exact) mass is 896 g/mol. The van der Waals surface area contributed by atoms with E-state index in [0.29, 0.717) is 11.8 Å². The number of rotatable bonds is 8. The van der Waals surface area contributed by atoms with E-state index in [2.05, 4.69) is 192 Å². The van der Waals surface area contributed by atoms with Crippen LogP contribution in [0.2, 0.25) is 0 Å². The van der Waals surface area contributed by atoms with Gasteiger partial charge >= 0.3 is 0 Å². The molecule has 0 amide bonds. The lowest BCUT2D eigenvalue weighted by Gasteiger charge is -2.27. The van der Waals surface area contributed by atoms with Crippen LogP contribution in [0.1, 0.15) is 87.2 Å². The van der Waals surface area contributed by atoms with Gasteiger partial charge in [0.15, 0.2) is 11.2 Å². The molecule has 2 fully saturated rings. The minimum atomic E-state index is 0.523. The van der Waals surface area contributed by atoms with E-state index in [1.54, 1.807) is 0 Å². The largest absolute Gasteiger partial charge is 0.456 e. The summed E-state index contributed by atoms with van der Waals surface area (Å²) in [4.78, 5) is 4.72. The molecule has 5 heteroatoms. The Morgan fingerprint density at radius 1 is 0.304 bits per heavy atom. The normalized spacial score (nSPS) is 15.1. The van der Waals surface area contributed by atoms with Crippen molar-refractivity contribution in [3.05, 3.63) is 193 Å². The Balaban J connectivity index is 0.957. The predicted molar refractivity (Wildman–Crippen MR) is 287 cm³/mol. The molecule has 2 aliphatic rings. The molecule has 3 heterocycles. The van der Waals surface area contributed by atoms with E-state index in [4.69, 9.17) is 13.3 Å². The highest BCUT2D eigenvalue weighted by Gasteiger charge is 2.28. The molecular weight excluding hydrogens is 845 g/mol. The van der Waals surface area contributed by atoms with E-state index >= 15 is 0 Å². The molecule has 0 spiro atoms. The van der Waals surface area contributed by atoms with Crippen molar-refractivity contribution in [3.63, 3.8) is 0 Å². The SMILES string of the molecule is c1ccc(N(c2ccc3oc4cc(N(c5ccccc5)c5cccc6c5oc5c(C7CCCCC7)cccc56)c5ccccc5c4c3c2)c2cccc3c2oc2c(C4CCCCC4)cccc23)cc1. The first-order chi connectivity index (χ1) is 34.2. The lowest BCUT2D eigenvalue weighted by Crippen LogP contribution is -2.10. The van der Waals surface area contributed by atoms with E-state index < -0.39 is 0 Å². The number of nitrogens with zero attached hydrogens (tertiary/aromatic N) is 2. The summed E-state index contributed by atoms with van der Waals surface area (Å²) in [6, 6.07) is 65.8. The third kappa shape index (κ3) is 6.58. The second-order valence-electron chi connectivity index (χ2n) is 19.6. The highest BCUT2D eigenvalue weighted by molar-refractivity contribution is 6.24. The van der Waals surface area contributed by atoms with Crippen molar-refractivity contribution >= 4 is 111 Å². The summed E-state index contributed by atoms with van der Waals surface area (Å²) < 4.78 is 21.2. The number of benzene rings is 9. The van der Waals surface area contributed by atoms with Crippen molar-refractivity contribution in [1.29, 1.82) is 0 Å². The Bertz CT molecular complexity index is 3890. The van der Waals surface area contributed by atoms with Crippen LogP contribution in [-0.2, 0) is 0 Å². The third-order valence-electron chi connectivity index (χ3n) is 15.6. The molecule has 336 valence electrons. The van der Waals surface area contributed by atoms with Gasteiger partial charge in [0.25, 0.3) is 0 Å². The zero-order valence-corrected chi connectivity index (χ0v) is 38.7. The Labute approximate surface area is 401 Å². The highest BCUT2D eigenvalue weighted by atomic mass is 16.3. The smallest absolute Gasteiger partial charge is 0.159 e. The van der Waals surface area contributed by atoms with Gasteiger partial charge in [0, 0.05) is 60.8 Å². The van der Waals surface area contributed by atoms with Crippen LogP contribution >= 0.6 is 0 Å². The first-order valence-electron chi connectivity index (χ1n) is 25.2. The molecule has 9 aromatic carbocycles. The quantitative estimate of drug-likeness (QED) is 0.152. The third-order valence-corrected chi connectivity index (χ3v) is 15.6. The Morgan fingerprint density at radius 3 is 1.36 bits per heavy atom. The fraction of sp³-hybridized carbons (Fsp3) is 0.188. The van der Waals surface area contributed by atoms with Gasteiger partial charge in [-0.15, -0.1) is 0 Å². The second-order valence-corrected chi connectivity index (χ2v) is 19.6. The van der Waals surface area contributed by atoms with Gasteiger partial charge in [-0.2, -0.15) is 0 Å². The fourth-order valence-corrected chi connectivity index (χ4v) is 12.4. The van der Waals surface area contributed by atoms with Crippen molar-refractivity contribution in [2.24, 2.45) is 0 Å². The van der Waals surface area contributed by atoms with Crippen LogP contribution < -0.4 is 9.80 Å². The molecule has 2 saturated carbocycles. The maximum atomic E-state index is 7.15. The molecule has 0 N–H and O–H groups in total. The van der Waals surface area contributed by atoms with Crippen LogP contribution in [0.4, 0.5) is 34.1 Å². The van der Waals surface area contributed by atoms with Gasteiger partial charge in [0.05, 0.1) is 17.1 Å². The molecule has 0 atom stereocenters. The van der Waals surface area contributed by atoms with Crippen molar-refractivity contribution < 1.29 is 13.3 Å². The number of furan rings is 3.